The van der Waals surface area contributed by atoms with Crippen LogP contribution in [0.25, 0.3) is 0 Å². The summed E-state index contributed by atoms with van der Waals surface area (Å²) in [6.07, 6.45) is 2.39. The fourth-order valence-corrected chi connectivity index (χ4v) is 0.698. The average molecular weight is 371 g/mol. The Kier molecular flexibility index (Phi) is 6.66. The maximum atomic E-state index is 10.0. The molecule has 1 N–H and O–H groups in total. The van der Waals surface area contributed by atoms with Crippen LogP contribution in [0.3, 0.4) is 0 Å². The second kappa shape index (κ2) is 7.26. The molecule has 0 saturated heterocycles. The number of rotatable bonds is 0. The van der Waals surface area contributed by atoms with E-state index in [2.05, 4.69) is 6.07 Å². The third kappa shape index (κ3) is 5.48. The van der Waals surface area contributed by atoms with Crippen LogP contribution >= 0.6 is 0 Å². The van der Waals surface area contributed by atoms with E-state index >= 15 is 0 Å². The van der Waals surface area contributed by atoms with Crippen molar-refractivity contribution in [3.8, 4) is 0 Å². The monoisotopic (exact) mass is 371 g/mol. The molecular formula is C10H8AuNO2. The number of benzene rings is 1. The average Bonchev–Trinajstić information content (AvgIpc) is 2.54. The zero-order valence-electron chi connectivity index (χ0n) is 7.16. The normalized spacial score (nSPS) is 12.3. The van der Waals surface area contributed by atoms with Gasteiger partial charge in [-0.25, -0.2) is 0 Å². The molecule has 0 aromatic heterocycles. The number of amides is 2. The van der Waals surface area contributed by atoms with Gasteiger partial charge in [-0.3, -0.25) is 14.9 Å². The molecule has 1 aromatic carbocycles. The predicted octanol–water partition coefficient (Wildman–Crippen LogP) is 0.683. The van der Waals surface area contributed by atoms with E-state index in [0.29, 0.717) is 0 Å². The van der Waals surface area contributed by atoms with Gasteiger partial charge < -0.3 is 0 Å². The van der Waals surface area contributed by atoms with Gasteiger partial charge in [0, 0.05) is 12.2 Å². The summed E-state index contributed by atoms with van der Waals surface area (Å²) in [7, 11) is 0. The van der Waals surface area contributed by atoms with E-state index in [1.165, 1.54) is 12.2 Å². The van der Waals surface area contributed by atoms with Crippen LogP contribution in [0.4, 0.5) is 0 Å². The summed E-state index contributed by atoms with van der Waals surface area (Å²) in [6.45, 7) is 0. The van der Waals surface area contributed by atoms with Gasteiger partial charge in [0.15, 0.2) is 0 Å². The van der Waals surface area contributed by atoms with E-state index in [1.54, 1.807) is 0 Å². The van der Waals surface area contributed by atoms with Gasteiger partial charge in [-0.1, -0.05) is 0 Å². The molecule has 2 amide bonds. The molecule has 14 heavy (non-hydrogen) atoms. The van der Waals surface area contributed by atoms with E-state index < -0.39 is 0 Å². The van der Waals surface area contributed by atoms with Crippen LogP contribution in [-0.2, 0) is 32.0 Å². The van der Waals surface area contributed by atoms with E-state index in [-0.39, 0.29) is 34.2 Å². The van der Waals surface area contributed by atoms with Crippen molar-refractivity contribution in [1.29, 1.82) is 0 Å². The van der Waals surface area contributed by atoms with Gasteiger partial charge in [0.1, 0.15) is 0 Å². The Hall–Kier alpha value is -1.16. The van der Waals surface area contributed by atoms with Crippen molar-refractivity contribution in [2.24, 2.45) is 0 Å². The van der Waals surface area contributed by atoms with E-state index in [0.717, 1.165) is 0 Å². The van der Waals surface area contributed by atoms with Crippen molar-refractivity contribution in [2.75, 3.05) is 0 Å². The van der Waals surface area contributed by atoms with Crippen molar-refractivity contribution in [2.45, 2.75) is 0 Å². The third-order valence-corrected chi connectivity index (χ3v) is 1.24. The van der Waals surface area contributed by atoms with Gasteiger partial charge in [-0.15, -0.1) is 0 Å². The van der Waals surface area contributed by atoms with Crippen LogP contribution in [0.2, 0.25) is 0 Å². The first-order valence-electron chi connectivity index (χ1n) is 3.73. The quantitative estimate of drug-likeness (QED) is 0.414. The topological polar surface area (TPSA) is 46.2 Å². The Bertz CT molecular complexity index is 279. The van der Waals surface area contributed by atoms with Crippen LogP contribution in [0.5, 0.6) is 0 Å². The first-order valence-corrected chi connectivity index (χ1v) is 3.73. The minimum absolute atomic E-state index is 0. The van der Waals surface area contributed by atoms with Crippen LogP contribution in [0, 0.1) is 6.07 Å². The van der Waals surface area contributed by atoms with Crippen molar-refractivity contribution in [3.05, 3.63) is 48.6 Å². The van der Waals surface area contributed by atoms with Gasteiger partial charge in [0.25, 0.3) is 11.8 Å². The number of carbonyl (C=O) groups is 2. The van der Waals surface area contributed by atoms with E-state index in [9.17, 15) is 9.59 Å². The van der Waals surface area contributed by atoms with Gasteiger partial charge in [0.2, 0.25) is 0 Å². The molecule has 1 heterocycles. The fourth-order valence-electron chi connectivity index (χ4n) is 0.698. The van der Waals surface area contributed by atoms with Crippen LogP contribution in [0.1, 0.15) is 0 Å². The Balaban J connectivity index is 0.000000227. The molecule has 4 heteroatoms. The van der Waals surface area contributed by atoms with Crippen LogP contribution < -0.4 is 5.32 Å². The maximum absolute atomic E-state index is 10.0. The first kappa shape index (κ1) is 12.8. The fraction of sp³-hybridized carbons (Fsp3) is 0. The van der Waals surface area contributed by atoms with Crippen molar-refractivity contribution in [1.82, 2.24) is 5.32 Å². The van der Waals surface area contributed by atoms with Crippen LogP contribution in [0.15, 0.2) is 42.5 Å². The van der Waals surface area contributed by atoms with Gasteiger partial charge in [0.05, 0.1) is 0 Å². The zero-order chi connectivity index (χ0) is 9.52. The minimum atomic E-state index is -0.329. The largest absolute Gasteiger partial charge is 1.00 e. The molecule has 0 fully saturated rings. The number of hydrogen-bond acceptors (Lipinski definition) is 2. The smallest absolute Gasteiger partial charge is 0.289 e. The molecule has 1 aliphatic rings. The first-order chi connectivity index (χ1) is 6.29. The number of carbonyl (C=O) groups excluding carboxylic acids is 2. The SMILES string of the molecule is O=C1C=CC(=O)N1.[Au+].[c-]1ccccc1. The molecule has 0 spiro atoms. The molecule has 76 valence electrons. The summed E-state index contributed by atoms with van der Waals surface area (Å²) in [5, 5.41) is 2.03. The Morgan fingerprint density at radius 1 is 0.929 bits per heavy atom. The standard InChI is InChI=1S/C6H5.C4H3NO2.Au/c1-2-4-6-5-3-1;6-3-1-2-4(7)5-3;/h1-5H;1-2H,(H,5,6,7);/q-1;;+1. The second-order valence-corrected chi connectivity index (χ2v) is 2.26. The van der Waals surface area contributed by atoms with E-state index in [1.807, 2.05) is 35.6 Å². The van der Waals surface area contributed by atoms with Crippen molar-refractivity contribution >= 4 is 11.8 Å². The molecule has 2 rings (SSSR count). The molecule has 0 atom stereocenters. The molecule has 0 saturated carbocycles. The zero-order valence-corrected chi connectivity index (χ0v) is 9.33. The molecule has 3 nitrogen and oxygen atoms in total. The number of imide groups is 1. The van der Waals surface area contributed by atoms with Gasteiger partial charge in [-0.2, -0.15) is 36.4 Å². The van der Waals surface area contributed by atoms with Gasteiger partial charge in [-0.05, 0) is 0 Å². The molecule has 0 bridgehead atoms. The number of hydrogen-bond donors (Lipinski definition) is 1. The summed E-state index contributed by atoms with van der Waals surface area (Å²) in [6, 6.07) is 12.5. The third-order valence-electron chi connectivity index (χ3n) is 1.24. The summed E-state index contributed by atoms with van der Waals surface area (Å²) in [5.74, 6) is -0.657. The molecular weight excluding hydrogens is 363 g/mol. The van der Waals surface area contributed by atoms with Crippen LogP contribution in [-0.4, -0.2) is 11.8 Å². The van der Waals surface area contributed by atoms with Crippen molar-refractivity contribution < 1.29 is 32.0 Å². The molecule has 1 aliphatic heterocycles. The van der Waals surface area contributed by atoms with Gasteiger partial charge >= 0.3 is 22.4 Å². The summed E-state index contributed by atoms with van der Waals surface area (Å²) in [4.78, 5) is 20.1. The number of nitrogens with one attached hydrogen (secondary N) is 1. The summed E-state index contributed by atoms with van der Waals surface area (Å²) >= 11 is 0. The second-order valence-electron chi connectivity index (χ2n) is 2.26. The predicted molar refractivity (Wildman–Crippen MR) is 47.6 cm³/mol. The minimum Gasteiger partial charge on any atom is -0.289 e. The van der Waals surface area contributed by atoms with E-state index in [4.69, 9.17) is 0 Å². The molecule has 0 aliphatic carbocycles. The summed E-state index contributed by atoms with van der Waals surface area (Å²) < 4.78 is 0. The molecule has 1 aromatic rings. The van der Waals surface area contributed by atoms with Crippen molar-refractivity contribution in [3.63, 3.8) is 0 Å². The molecule has 0 unspecified atom stereocenters. The Morgan fingerprint density at radius 2 is 1.43 bits per heavy atom. The Morgan fingerprint density at radius 3 is 1.57 bits per heavy atom. The summed E-state index contributed by atoms with van der Waals surface area (Å²) in [5.41, 5.74) is 0. The Labute approximate surface area is 97.7 Å². The maximum Gasteiger partial charge on any atom is 1.00 e. The molecule has 0 radical (unpaired) electrons.